The van der Waals surface area contributed by atoms with Gasteiger partial charge in [-0.1, -0.05) is 29.8 Å². The van der Waals surface area contributed by atoms with E-state index in [-0.39, 0.29) is 11.4 Å². The van der Waals surface area contributed by atoms with Crippen LogP contribution in [0.5, 0.6) is 0 Å². The number of aromatic nitrogens is 2. The summed E-state index contributed by atoms with van der Waals surface area (Å²) in [5.41, 5.74) is 2.60. The van der Waals surface area contributed by atoms with Crippen molar-refractivity contribution in [1.82, 2.24) is 14.9 Å². The predicted molar refractivity (Wildman–Crippen MR) is 68.5 cm³/mol. The Morgan fingerprint density at radius 2 is 1.89 bits per heavy atom. The van der Waals surface area contributed by atoms with E-state index in [4.69, 9.17) is 0 Å². The zero-order chi connectivity index (χ0) is 13.2. The highest BCUT2D eigenvalue weighted by atomic mass is 32.2. The van der Waals surface area contributed by atoms with Crippen LogP contribution < -0.4 is 4.72 Å². The van der Waals surface area contributed by atoms with Gasteiger partial charge in [0.25, 0.3) is 0 Å². The average Bonchev–Trinajstić information content (AvgIpc) is 2.76. The highest BCUT2D eigenvalue weighted by molar-refractivity contribution is 7.89. The second kappa shape index (κ2) is 4.91. The molecule has 0 aliphatic heterocycles. The van der Waals surface area contributed by atoms with Crippen LogP contribution in [0, 0.1) is 13.8 Å². The second-order valence-electron chi connectivity index (χ2n) is 4.17. The van der Waals surface area contributed by atoms with E-state index in [1.165, 1.54) is 6.20 Å². The van der Waals surface area contributed by atoms with Crippen molar-refractivity contribution < 1.29 is 8.42 Å². The minimum absolute atomic E-state index is 0.189. The van der Waals surface area contributed by atoms with E-state index in [1.54, 1.807) is 6.92 Å². The molecule has 6 heteroatoms. The Bertz CT molecular complexity index is 630. The first-order valence-corrected chi connectivity index (χ1v) is 7.02. The number of benzene rings is 1. The zero-order valence-electron chi connectivity index (χ0n) is 10.3. The summed E-state index contributed by atoms with van der Waals surface area (Å²) < 4.78 is 26.5. The van der Waals surface area contributed by atoms with Gasteiger partial charge < -0.3 is 0 Å². The van der Waals surface area contributed by atoms with Crippen LogP contribution in [0.2, 0.25) is 0 Å². The van der Waals surface area contributed by atoms with E-state index >= 15 is 0 Å². The number of aryl methyl sites for hydroxylation is 2. The van der Waals surface area contributed by atoms with E-state index in [9.17, 15) is 8.42 Å². The molecular weight excluding hydrogens is 250 g/mol. The summed E-state index contributed by atoms with van der Waals surface area (Å²) in [7, 11) is -3.50. The van der Waals surface area contributed by atoms with Gasteiger partial charge in [-0.2, -0.15) is 5.10 Å². The fourth-order valence-electron chi connectivity index (χ4n) is 1.57. The van der Waals surface area contributed by atoms with E-state index in [0.717, 1.165) is 11.1 Å². The van der Waals surface area contributed by atoms with Crippen molar-refractivity contribution in [2.24, 2.45) is 0 Å². The summed E-state index contributed by atoms with van der Waals surface area (Å²) in [6, 6.07) is 7.71. The van der Waals surface area contributed by atoms with Crippen LogP contribution in [0.3, 0.4) is 0 Å². The molecule has 5 nitrogen and oxygen atoms in total. The molecule has 2 rings (SSSR count). The maximum absolute atomic E-state index is 12.0. The van der Waals surface area contributed by atoms with Gasteiger partial charge in [0.15, 0.2) is 0 Å². The molecule has 0 fully saturated rings. The van der Waals surface area contributed by atoms with E-state index < -0.39 is 10.0 Å². The molecule has 18 heavy (non-hydrogen) atoms. The van der Waals surface area contributed by atoms with Crippen LogP contribution in [-0.2, 0) is 16.6 Å². The van der Waals surface area contributed by atoms with E-state index in [0.29, 0.717) is 5.69 Å². The molecule has 1 heterocycles. The van der Waals surface area contributed by atoms with Crippen molar-refractivity contribution in [2.75, 3.05) is 0 Å². The van der Waals surface area contributed by atoms with Gasteiger partial charge in [-0.25, -0.2) is 13.1 Å². The normalized spacial score (nSPS) is 11.7. The Balaban J connectivity index is 2.11. The molecule has 0 aliphatic rings. The molecule has 0 bridgehead atoms. The van der Waals surface area contributed by atoms with Crippen LogP contribution in [0.25, 0.3) is 0 Å². The van der Waals surface area contributed by atoms with Crippen molar-refractivity contribution >= 4 is 10.0 Å². The number of H-pyrrole nitrogens is 1. The number of hydrogen-bond donors (Lipinski definition) is 2. The van der Waals surface area contributed by atoms with Crippen LogP contribution in [0.4, 0.5) is 0 Å². The molecular formula is C12H15N3O2S. The maximum atomic E-state index is 12.0. The third-order valence-corrected chi connectivity index (χ3v) is 4.18. The predicted octanol–water partition coefficient (Wildman–Crippen LogP) is 1.51. The lowest BCUT2D eigenvalue weighted by Crippen LogP contribution is -2.23. The lowest BCUT2D eigenvalue weighted by Gasteiger charge is -2.06. The van der Waals surface area contributed by atoms with Crippen molar-refractivity contribution in [3.8, 4) is 0 Å². The first-order valence-electron chi connectivity index (χ1n) is 5.54. The number of hydrogen-bond acceptors (Lipinski definition) is 3. The van der Waals surface area contributed by atoms with Gasteiger partial charge in [0.2, 0.25) is 10.0 Å². The van der Waals surface area contributed by atoms with Crippen LogP contribution >= 0.6 is 0 Å². The number of rotatable bonds is 4. The highest BCUT2D eigenvalue weighted by Gasteiger charge is 2.17. The summed E-state index contributed by atoms with van der Waals surface area (Å²) >= 11 is 0. The Morgan fingerprint density at radius 3 is 2.44 bits per heavy atom. The number of nitrogens with zero attached hydrogens (tertiary/aromatic N) is 1. The minimum atomic E-state index is -3.50. The molecule has 1 aromatic carbocycles. The van der Waals surface area contributed by atoms with Crippen LogP contribution in [0.1, 0.15) is 16.8 Å². The molecule has 0 saturated heterocycles. The van der Waals surface area contributed by atoms with Crippen molar-refractivity contribution in [1.29, 1.82) is 0 Å². The Labute approximate surface area is 106 Å². The standard InChI is InChI=1S/C12H15N3O2S/c1-9-3-5-11(6-4-9)7-14-18(16,17)12-8-13-15-10(12)2/h3-6,8,14H,7H2,1-2H3,(H,13,15). The topological polar surface area (TPSA) is 74.8 Å². The summed E-state index contributed by atoms with van der Waals surface area (Å²) in [6.45, 7) is 3.93. The van der Waals surface area contributed by atoms with E-state index in [2.05, 4.69) is 14.9 Å². The molecule has 0 amide bonds. The third kappa shape index (κ3) is 2.77. The first-order chi connectivity index (χ1) is 8.49. The molecule has 0 unspecified atom stereocenters. The van der Waals surface area contributed by atoms with Crippen molar-refractivity contribution in [3.05, 3.63) is 47.3 Å². The van der Waals surface area contributed by atoms with E-state index in [1.807, 2.05) is 31.2 Å². The monoisotopic (exact) mass is 265 g/mol. The maximum Gasteiger partial charge on any atom is 0.244 e. The average molecular weight is 265 g/mol. The van der Waals surface area contributed by atoms with Gasteiger partial charge >= 0.3 is 0 Å². The highest BCUT2D eigenvalue weighted by Crippen LogP contribution is 2.11. The van der Waals surface area contributed by atoms with Crippen molar-refractivity contribution in [2.45, 2.75) is 25.3 Å². The molecule has 0 aliphatic carbocycles. The number of sulfonamides is 1. The molecule has 2 N–H and O–H groups in total. The second-order valence-corrected chi connectivity index (χ2v) is 5.90. The zero-order valence-corrected chi connectivity index (χ0v) is 11.1. The van der Waals surface area contributed by atoms with Gasteiger partial charge in [0.1, 0.15) is 4.90 Å². The van der Waals surface area contributed by atoms with Gasteiger partial charge in [0, 0.05) is 6.54 Å². The van der Waals surface area contributed by atoms with Crippen LogP contribution in [0.15, 0.2) is 35.4 Å². The Hall–Kier alpha value is -1.66. The SMILES string of the molecule is Cc1ccc(CNS(=O)(=O)c2cn[nH]c2C)cc1. The fraction of sp³-hybridized carbons (Fsp3) is 0.250. The molecule has 0 radical (unpaired) electrons. The Kier molecular flexibility index (Phi) is 3.49. The number of nitrogens with one attached hydrogen (secondary N) is 2. The summed E-state index contributed by atoms with van der Waals surface area (Å²) in [4.78, 5) is 0.189. The molecule has 0 atom stereocenters. The minimum Gasteiger partial charge on any atom is -0.281 e. The number of aromatic amines is 1. The largest absolute Gasteiger partial charge is 0.281 e. The first kappa shape index (κ1) is 12.8. The Morgan fingerprint density at radius 1 is 1.22 bits per heavy atom. The fourth-order valence-corrected chi connectivity index (χ4v) is 2.73. The third-order valence-electron chi connectivity index (χ3n) is 2.66. The molecule has 96 valence electrons. The van der Waals surface area contributed by atoms with Gasteiger partial charge in [-0.05, 0) is 19.4 Å². The molecule has 1 aromatic heterocycles. The summed E-state index contributed by atoms with van der Waals surface area (Å²) in [5, 5.41) is 6.32. The molecule has 0 spiro atoms. The lowest BCUT2D eigenvalue weighted by atomic mass is 10.2. The smallest absolute Gasteiger partial charge is 0.244 e. The quantitative estimate of drug-likeness (QED) is 0.879. The molecule has 0 saturated carbocycles. The van der Waals surface area contributed by atoms with Crippen LogP contribution in [-0.4, -0.2) is 18.6 Å². The summed E-state index contributed by atoms with van der Waals surface area (Å²) in [5.74, 6) is 0. The van der Waals surface area contributed by atoms with Crippen molar-refractivity contribution in [3.63, 3.8) is 0 Å². The summed E-state index contributed by atoms with van der Waals surface area (Å²) in [6.07, 6.45) is 1.31. The van der Waals surface area contributed by atoms with Gasteiger partial charge in [-0.3, -0.25) is 5.10 Å². The lowest BCUT2D eigenvalue weighted by molar-refractivity contribution is 0.581. The molecule has 2 aromatic rings. The van der Waals surface area contributed by atoms with Gasteiger partial charge in [-0.15, -0.1) is 0 Å². The van der Waals surface area contributed by atoms with Gasteiger partial charge in [0.05, 0.1) is 11.9 Å².